The van der Waals surface area contributed by atoms with Crippen LogP contribution in [0.25, 0.3) is 0 Å². The van der Waals surface area contributed by atoms with Crippen LogP contribution >= 0.6 is 0 Å². The molecule has 2 aliphatic rings. The first-order valence-electron chi connectivity index (χ1n) is 7.93. The minimum absolute atomic E-state index is 0.618. The third-order valence-corrected chi connectivity index (χ3v) is 4.76. The lowest BCUT2D eigenvalue weighted by Crippen LogP contribution is -2.49. The van der Waals surface area contributed by atoms with Gasteiger partial charge in [0, 0.05) is 32.2 Å². The van der Waals surface area contributed by atoms with Crippen LogP contribution in [0.4, 0.5) is 0 Å². The predicted octanol–water partition coefficient (Wildman–Crippen LogP) is 3.31. The van der Waals surface area contributed by atoms with Crippen LogP contribution < -0.4 is 5.32 Å². The SMILES string of the molecule is CCCCC[C@@H]1CN2CCNC[C@H]2c2ccccc21. The van der Waals surface area contributed by atoms with Crippen molar-refractivity contribution in [3.05, 3.63) is 35.4 Å². The molecule has 104 valence electrons. The summed E-state index contributed by atoms with van der Waals surface area (Å²) in [6.07, 6.45) is 5.45. The molecule has 1 saturated heterocycles. The highest BCUT2D eigenvalue weighted by atomic mass is 15.2. The van der Waals surface area contributed by atoms with Crippen molar-refractivity contribution >= 4 is 0 Å². The van der Waals surface area contributed by atoms with Gasteiger partial charge in [-0.05, 0) is 23.5 Å². The molecule has 3 rings (SSSR count). The zero-order chi connectivity index (χ0) is 13.1. The quantitative estimate of drug-likeness (QED) is 0.834. The van der Waals surface area contributed by atoms with Crippen LogP contribution in [0, 0.1) is 0 Å². The van der Waals surface area contributed by atoms with Crippen molar-refractivity contribution < 1.29 is 0 Å². The highest BCUT2D eigenvalue weighted by molar-refractivity contribution is 5.36. The van der Waals surface area contributed by atoms with Crippen molar-refractivity contribution in [2.24, 2.45) is 0 Å². The van der Waals surface area contributed by atoms with E-state index in [1.165, 1.54) is 38.8 Å². The third-order valence-electron chi connectivity index (χ3n) is 4.76. The summed E-state index contributed by atoms with van der Waals surface area (Å²) in [5, 5.41) is 3.55. The van der Waals surface area contributed by atoms with Crippen molar-refractivity contribution in [1.82, 2.24) is 10.2 Å². The molecule has 1 aromatic rings. The van der Waals surface area contributed by atoms with Crippen molar-refractivity contribution in [2.45, 2.75) is 44.6 Å². The van der Waals surface area contributed by atoms with Gasteiger partial charge in [-0.3, -0.25) is 4.90 Å². The van der Waals surface area contributed by atoms with E-state index in [0.29, 0.717) is 6.04 Å². The van der Waals surface area contributed by atoms with E-state index in [2.05, 4.69) is 41.4 Å². The molecule has 2 heterocycles. The van der Waals surface area contributed by atoms with Gasteiger partial charge >= 0.3 is 0 Å². The van der Waals surface area contributed by atoms with Gasteiger partial charge in [-0.1, -0.05) is 50.5 Å². The van der Waals surface area contributed by atoms with Gasteiger partial charge in [0.1, 0.15) is 0 Å². The molecule has 2 aliphatic heterocycles. The number of rotatable bonds is 4. The minimum atomic E-state index is 0.618. The first kappa shape index (κ1) is 13.1. The maximum Gasteiger partial charge on any atom is 0.0476 e. The van der Waals surface area contributed by atoms with Crippen LogP contribution in [0.3, 0.4) is 0 Å². The summed E-state index contributed by atoms with van der Waals surface area (Å²) in [6, 6.07) is 9.77. The molecule has 2 nitrogen and oxygen atoms in total. The second-order valence-electron chi connectivity index (χ2n) is 6.04. The molecule has 0 saturated carbocycles. The lowest BCUT2D eigenvalue weighted by atomic mass is 9.82. The van der Waals surface area contributed by atoms with Gasteiger partial charge in [-0.2, -0.15) is 0 Å². The number of nitrogens with zero attached hydrogens (tertiary/aromatic N) is 1. The second kappa shape index (κ2) is 6.06. The molecule has 0 unspecified atom stereocenters. The number of unbranched alkanes of at least 4 members (excludes halogenated alkanes) is 2. The van der Waals surface area contributed by atoms with E-state index >= 15 is 0 Å². The highest BCUT2D eigenvalue weighted by Crippen LogP contribution is 2.38. The van der Waals surface area contributed by atoms with Gasteiger partial charge in [0.05, 0.1) is 0 Å². The number of benzene rings is 1. The Morgan fingerprint density at radius 1 is 1.21 bits per heavy atom. The zero-order valence-electron chi connectivity index (χ0n) is 12.1. The van der Waals surface area contributed by atoms with E-state index in [1.54, 1.807) is 11.1 Å². The second-order valence-corrected chi connectivity index (χ2v) is 6.04. The molecule has 2 atom stereocenters. The Hall–Kier alpha value is -0.860. The smallest absolute Gasteiger partial charge is 0.0476 e. The van der Waals surface area contributed by atoms with Gasteiger partial charge in [0.25, 0.3) is 0 Å². The average Bonchev–Trinajstić information content (AvgIpc) is 2.47. The van der Waals surface area contributed by atoms with E-state index in [4.69, 9.17) is 0 Å². The Labute approximate surface area is 117 Å². The molecule has 1 N–H and O–H groups in total. The number of hydrogen-bond donors (Lipinski definition) is 1. The highest BCUT2D eigenvalue weighted by Gasteiger charge is 2.33. The van der Waals surface area contributed by atoms with Crippen molar-refractivity contribution in [3.8, 4) is 0 Å². The summed E-state index contributed by atoms with van der Waals surface area (Å²) < 4.78 is 0. The molecule has 0 radical (unpaired) electrons. The van der Waals surface area contributed by atoms with Crippen LogP contribution in [0.5, 0.6) is 0 Å². The number of piperazine rings is 1. The largest absolute Gasteiger partial charge is 0.314 e. The molecule has 0 aliphatic carbocycles. The first-order valence-corrected chi connectivity index (χ1v) is 7.93. The Balaban J connectivity index is 1.81. The fourth-order valence-corrected chi connectivity index (χ4v) is 3.73. The van der Waals surface area contributed by atoms with Crippen LogP contribution in [-0.4, -0.2) is 31.1 Å². The molecular weight excluding hydrogens is 232 g/mol. The monoisotopic (exact) mass is 258 g/mol. The van der Waals surface area contributed by atoms with E-state index in [1.807, 2.05) is 0 Å². The van der Waals surface area contributed by atoms with Gasteiger partial charge < -0.3 is 5.32 Å². The molecular formula is C17H26N2. The molecule has 0 aromatic heterocycles. The fourth-order valence-electron chi connectivity index (χ4n) is 3.73. The summed E-state index contributed by atoms with van der Waals surface area (Å²) in [5.41, 5.74) is 3.21. The molecule has 0 amide bonds. The number of nitrogens with one attached hydrogen (secondary N) is 1. The van der Waals surface area contributed by atoms with Gasteiger partial charge in [0.15, 0.2) is 0 Å². The molecule has 1 aromatic carbocycles. The van der Waals surface area contributed by atoms with Crippen LogP contribution in [-0.2, 0) is 0 Å². The third kappa shape index (κ3) is 2.70. The minimum Gasteiger partial charge on any atom is -0.314 e. The number of fused-ring (bicyclic) bond motifs is 3. The summed E-state index contributed by atoms with van der Waals surface area (Å²) in [7, 11) is 0. The Morgan fingerprint density at radius 2 is 2.05 bits per heavy atom. The van der Waals surface area contributed by atoms with Crippen molar-refractivity contribution in [1.29, 1.82) is 0 Å². The van der Waals surface area contributed by atoms with Crippen molar-refractivity contribution in [2.75, 3.05) is 26.2 Å². The topological polar surface area (TPSA) is 15.3 Å². The van der Waals surface area contributed by atoms with Crippen LogP contribution in [0.1, 0.15) is 55.7 Å². The normalized spacial score (nSPS) is 26.8. The van der Waals surface area contributed by atoms with E-state index < -0.39 is 0 Å². The van der Waals surface area contributed by atoms with Crippen molar-refractivity contribution in [3.63, 3.8) is 0 Å². The predicted molar refractivity (Wildman–Crippen MR) is 80.5 cm³/mol. The standard InChI is InChI=1S/C17H26N2/c1-2-3-4-7-14-13-19-11-10-18-12-17(19)16-9-6-5-8-15(14)16/h5-6,8-9,14,17-18H,2-4,7,10-13H2,1H3/t14-,17+/m1/s1. The molecule has 2 heteroatoms. The lowest BCUT2D eigenvalue weighted by molar-refractivity contribution is 0.133. The molecule has 0 bridgehead atoms. The van der Waals surface area contributed by atoms with E-state index in [9.17, 15) is 0 Å². The van der Waals surface area contributed by atoms with Crippen LogP contribution in [0.15, 0.2) is 24.3 Å². The average molecular weight is 258 g/mol. The number of hydrogen-bond acceptors (Lipinski definition) is 2. The lowest BCUT2D eigenvalue weighted by Gasteiger charge is -2.44. The van der Waals surface area contributed by atoms with Gasteiger partial charge in [-0.15, -0.1) is 0 Å². The van der Waals surface area contributed by atoms with Gasteiger partial charge in [-0.25, -0.2) is 0 Å². The van der Waals surface area contributed by atoms with Gasteiger partial charge in [0.2, 0.25) is 0 Å². The summed E-state index contributed by atoms with van der Waals surface area (Å²) in [6.45, 7) is 7.05. The maximum absolute atomic E-state index is 3.55. The van der Waals surface area contributed by atoms with Crippen LogP contribution in [0.2, 0.25) is 0 Å². The summed E-state index contributed by atoms with van der Waals surface area (Å²) in [5.74, 6) is 0.761. The Kier molecular flexibility index (Phi) is 4.19. The molecule has 0 spiro atoms. The fraction of sp³-hybridized carbons (Fsp3) is 0.647. The summed E-state index contributed by atoms with van der Waals surface area (Å²) >= 11 is 0. The van der Waals surface area contributed by atoms with E-state index in [0.717, 1.165) is 19.0 Å². The molecule has 19 heavy (non-hydrogen) atoms. The Bertz CT molecular complexity index is 415. The van der Waals surface area contributed by atoms with E-state index in [-0.39, 0.29) is 0 Å². The molecule has 1 fully saturated rings. The summed E-state index contributed by atoms with van der Waals surface area (Å²) in [4.78, 5) is 2.70. The first-order chi connectivity index (χ1) is 9.40. The maximum atomic E-state index is 3.55. The Morgan fingerprint density at radius 3 is 2.89 bits per heavy atom. The zero-order valence-corrected chi connectivity index (χ0v) is 12.1.